The average Bonchev–Trinajstić information content (AvgIpc) is 3.07. The molecule has 6 heteroatoms. The van der Waals surface area contributed by atoms with Crippen LogP contribution in [0.4, 0.5) is 4.39 Å². The molecule has 0 spiro atoms. The molecule has 0 fully saturated rings. The Hall–Kier alpha value is -3.82. The first-order chi connectivity index (χ1) is 16.2. The van der Waals surface area contributed by atoms with Gasteiger partial charge in [-0.25, -0.2) is 9.38 Å². The first kappa shape index (κ1) is 21.0. The van der Waals surface area contributed by atoms with E-state index in [1.165, 1.54) is 11.8 Å². The normalized spacial score (nSPS) is 18.9. The van der Waals surface area contributed by atoms with Gasteiger partial charge in [0.1, 0.15) is 23.2 Å². The number of nitrogens with one attached hydrogen (secondary N) is 1. The van der Waals surface area contributed by atoms with Crippen molar-refractivity contribution < 1.29 is 13.6 Å². The Kier molecular flexibility index (Phi) is 5.97. The number of carbonyl (C=O) groups excluding carboxylic acids is 1. The molecule has 1 atom stereocenters. The van der Waals surface area contributed by atoms with Gasteiger partial charge in [-0.05, 0) is 30.2 Å². The van der Waals surface area contributed by atoms with Crippen LogP contribution in [-0.4, -0.2) is 11.6 Å². The molecular weight excluding hydrogens is 435 g/mol. The number of amides is 1. The summed E-state index contributed by atoms with van der Waals surface area (Å²) in [6, 6.07) is 11.4. The second-order valence-corrected chi connectivity index (χ2v) is 8.57. The quantitative estimate of drug-likeness (QED) is 0.609. The number of fused-ring (bicyclic) bond motifs is 1. The molecule has 0 bridgehead atoms. The molecule has 5 rings (SSSR count). The summed E-state index contributed by atoms with van der Waals surface area (Å²) in [6.07, 6.45) is 12.6. The Labute approximate surface area is 195 Å². The zero-order valence-electron chi connectivity index (χ0n) is 17.5. The predicted molar refractivity (Wildman–Crippen MR) is 128 cm³/mol. The van der Waals surface area contributed by atoms with Crippen LogP contribution in [0, 0.1) is 17.8 Å². The monoisotopic (exact) mass is 454 g/mol. The standard InChI is InChI=1S/C27H19FN2O2S/c28-22-10-3-1-2-8-20(22)26-21-9-4-5-11-24(21)33-25-15-13-18(12-14-23(25)30-26)27(31)29-17-19-7-6-16-32-19/h1-9,11,13,15-16,18H,10,17H2,(H,29,31). The van der Waals surface area contributed by atoms with Crippen molar-refractivity contribution in [1.29, 1.82) is 0 Å². The number of thioether (sulfide) groups is 1. The molecule has 1 aromatic heterocycles. The maximum absolute atomic E-state index is 15.0. The van der Waals surface area contributed by atoms with Gasteiger partial charge in [0.2, 0.25) is 5.91 Å². The van der Waals surface area contributed by atoms with E-state index in [0.717, 1.165) is 15.4 Å². The molecule has 1 N–H and O–H groups in total. The number of aliphatic imine (C=N–C) groups is 1. The van der Waals surface area contributed by atoms with Gasteiger partial charge >= 0.3 is 0 Å². The van der Waals surface area contributed by atoms with Crippen LogP contribution in [0.5, 0.6) is 0 Å². The molecule has 0 radical (unpaired) electrons. The molecule has 162 valence electrons. The van der Waals surface area contributed by atoms with Crippen LogP contribution in [0.15, 0.2) is 115 Å². The van der Waals surface area contributed by atoms with E-state index in [0.29, 0.717) is 29.3 Å². The van der Waals surface area contributed by atoms with Crippen LogP contribution in [0.1, 0.15) is 17.7 Å². The molecule has 2 aliphatic carbocycles. The van der Waals surface area contributed by atoms with Crippen molar-refractivity contribution in [3.05, 3.63) is 112 Å². The lowest BCUT2D eigenvalue weighted by molar-refractivity contribution is -0.122. The second kappa shape index (κ2) is 9.35. The average molecular weight is 455 g/mol. The smallest absolute Gasteiger partial charge is 0.239 e. The third kappa shape index (κ3) is 4.55. The molecule has 0 saturated heterocycles. The summed E-state index contributed by atoms with van der Waals surface area (Å²) in [5, 5.41) is 2.84. The van der Waals surface area contributed by atoms with Crippen molar-refractivity contribution >= 4 is 23.4 Å². The van der Waals surface area contributed by atoms with Crippen LogP contribution in [0.25, 0.3) is 0 Å². The first-order valence-electron chi connectivity index (χ1n) is 10.5. The third-order valence-corrected chi connectivity index (χ3v) is 6.38. The van der Waals surface area contributed by atoms with Crippen LogP contribution in [-0.2, 0) is 11.3 Å². The summed E-state index contributed by atoms with van der Waals surface area (Å²) in [5.74, 6) is 5.68. The highest BCUT2D eigenvalue weighted by molar-refractivity contribution is 8.03. The van der Waals surface area contributed by atoms with E-state index in [9.17, 15) is 9.18 Å². The molecule has 0 saturated carbocycles. The Morgan fingerprint density at radius 1 is 1.21 bits per heavy atom. The van der Waals surface area contributed by atoms with Gasteiger partial charge in [-0.2, -0.15) is 0 Å². The van der Waals surface area contributed by atoms with Gasteiger partial charge in [0.25, 0.3) is 0 Å². The molecule has 1 unspecified atom stereocenters. The van der Waals surface area contributed by atoms with Gasteiger partial charge in [-0.3, -0.25) is 4.79 Å². The van der Waals surface area contributed by atoms with Crippen molar-refractivity contribution in [1.82, 2.24) is 5.32 Å². The molecule has 2 aromatic rings. The van der Waals surface area contributed by atoms with E-state index in [-0.39, 0.29) is 18.2 Å². The molecule has 3 aliphatic rings. The number of rotatable bonds is 4. The van der Waals surface area contributed by atoms with E-state index in [2.05, 4.69) is 17.2 Å². The number of halogens is 1. The van der Waals surface area contributed by atoms with Gasteiger partial charge in [0, 0.05) is 27.4 Å². The molecule has 1 amide bonds. The fourth-order valence-electron chi connectivity index (χ4n) is 3.59. The Balaban J connectivity index is 1.49. The molecule has 2 heterocycles. The largest absolute Gasteiger partial charge is 0.467 e. The van der Waals surface area contributed by atoms with E-state index in [1.54, 1.807) is 36.6 Å². The van der Waals surface area contributed by atoms with Crippen LogP contribution in [0.3, 0.4) is 0 Å². The molecule has 33 heavy (non-hydrogen) atoms. The zero-order chi connectivity index (χ0) is 22.6. The number of nitrogens with zero attached hydrogens (tertiary/aromatic N) is 1. The van der Waals surface area contributed by atoms with Crippen molar-refractivity contribution in [2.24, 2.45) is 10.9 Å². The van der Waals surface area contributed by atoms with E-state index >= 15 is 0 Å². The number of hydrogen-bond acceptors (Lipinski definition) is 4. The highest BCUT2D eigenvalue weighted by Crippen LogP contribution is 2.39. The number of furan rings is 1. The van der Waals surface area contributed by atoms with Gasteiger partial charge in [-0.1, -0.05) is 66.3 Å². The highest BCUT2D eigenvalue weighted by Gasteiger charge is 2.24. The fourth-order valence-corrected chi connectivity index (χ4v) is 4.59. The minimum Gasteiger partial charge on any atom is -0.467 e. The minimum atomic E-state index is -0.626. The van der Waals surface area contributed by atoms with Crippen molar-refractivity contribution in [2.75, 3.05) is 0 Å². The Morgan fingerprint density at radius 2 is 2.12 bits per heavy atom. The van der Waals surface area contributed by atoms with Crippen LogP contribution in [0.2, 0.25) is 0 Å². The number of benzene rings is 1. The Morgan fingerprint density at radius 3 is 3.00 bits per heavy atom. The second-order valence-electron chi connectivity index (χ2n) is 7.48. The van der Waals surface area contributed by atoms with Crippen molar-refractivity contribution in [2.45, 2.75) is 17.9 Å². The zero-order valence-corrected chi connectivity index (χ0v) is 18.4. The summed E-state index contributed by atoms with van der Waals surface area (Å²) in [7, 11) is 0. The van der Waals surface area contributed by atoms with E-state index in [1.807, 2.05) is 42.5 Å². The van der Waals surface area contributed by atoms with Crippen molar-refractivity contribution in [3.8, 4) is 11.8 Å². The topological polar surface area (TPSA) is 54.6 Å². The third-order valence-electron chi connectivity index (χ3n) is 5.26. The van der Waals surface area contributed by atoms with Crippen LogP contribution >= 0.6 is 11.8 Å². The summed E-state index contributed by atoms with van der Waals surface area (Å²) < 4.78 is 20.2. The lowest BCUT2D eigenvalue weighted by atomic mass is 10.00. The maximum Gasteiger partial charge on any atom is 0.239 e. The number of hydrogen-bond donors (Lipinski definition) is 1. The molecule has 1 aromatic carbocycles. The van der Waals surface area contributed by atoms with Gasteiger partial charge in [0.15, 0.2) is 0 Å². The Bertz CT molecular complexity index is 1350. The summed E-state index contributed by atoms with van der Waals surface area (Å²) in [5.41, 5.74) is 2.37. The van der Waals surface area contributed by atoms with E-state index < -0.39 is 5.92 Å². The minimum absolute atomic E-state index is 0.214. The fraction of sp³-hybridized carbons (Fsp3) is 0.111. The lowest BCUT2D eigenvalue weighted by Gasteiger charge is -2.11. The van der Waals surface area contributed by atoms with Gasteiger partial charge < -0.3 is 9.73 Å². The number of carbonyl (C=O) groups is 1. The maximum atomic E-state index is 15.0. The molecular formula is C27H19FN2O2S. The van der Waals surface area contributed by atoms with Crippen molar-refractivity contribution in [3.63, 3.8) is 0 Å². The summed E-state index contributed by atoms with van der Waals surface area (Å²) in [4.78, 5) is 19.3. The van der Waals surface area contributed by atoms with E-state index in [4.69, 9.17) is 9.41 Å². The van der Waals surface area contributed by atoms with Crippen LogP contribution < -0.4 is 5.32 Å². The molecule has 4 nitrogen and oxygen atoms in total. The first-order valence-corrected chi connectivity index (χ1v) is 11.3. The van der Waals surface area contributed by atoms with Gasteiger partial charge in [-0.15, -0.1) is 0 Å². The summed E-state index contributed by atoms with van der Waals surface area (Å²) in [6.45, 7) is 0.295. The lowest BCUT2D eigenvalue weighted by Crippen LogP contribution is -2.28. The predicted octanol–water partition coefficient (Wildman–Crippen LogP) is 5.63. The molecule has 1 aliphatic heterocycles. The summed E-state index contributed by atoms with van der Waals surface area (Å²) >= 11 is 1.52. The van der Waals surface area contributed by atoms with Gasteiger partial charge in [0.05, 0.1) is 18.5 Å². The SMILES string of the molecule is O=C(NCc1ccco1)C1C#CC2=C(C=C1)Sc1ccccc1C(C1=C(F)CC=CC=C1)=N2. The number of allylic oxidation sites excluding steroid dienone is 8. The highest BCUT2D eigenvalue weighted by atomic mass is 32.2.